The molecule has 74 valence electrons. The molecule has 1 aromatic heterocycles. The first-order chi connectivity index (χ1) is 6.69. The zero-order valence-electron chi connectivity index (χ0n) is 7.69. The second-order valence-electron chi connectivity index (χ2n) is 2.64. The molecule has 0 amide bonds. The minimum atomic E-state index is -0.691. The van der Waals surface area contributed by atoms with Gasteiger partial charge in [-0.1, -0.05) is 6.92 Å². The van der Waals surface area contributed by atoms with Crippen molar-refractivity contribution in [3.8, 4) is 6.07 Å². The van der Waals surface area contributed by atoms with Gasteiger partial charge in [0.15, 0.2) is 6.10 Å². The summed E-state index contributed by atoms with van der Waals surface area (Å²) in [7, 11) is 0. The molecule has 0 fully saturated rings. The molecule has 0 aliphatic carbocycles. The van der Waals surface area contributed by atoms with Crippen LogP contribution in [0.3, 0.4) is 0 Å². The number of nitrogens with two attached hydrogens (primary N) is 1. The molecule has 0 aromatic carbocycles. The molecule has 1 unspecified atom stereocenters. The highest BCUT2D eigenvalue weighted by atomic mass is 32.1. The molecule has 0 aliphatic heterocycles. The average Bonchev–Trinajstić information content (AvgIpc) is 2.60. The molecule has 0 aliphatic rings. The molecule has 1 aromatic rings. The lowest BCUT2D eigenvalue weighted by atomic mass is 10.3. The average molecular weight is 210 g/mol. The Labute approximate surface area is 85.9 Å². The van der Waals surface area contributed by atoms with Crippen molar-refractivity contribution in [2.75, 3.05) is 5.73 Å². The number of hydrogen-bond donors (Lipinski definition) is 1. The van der Waals surface area contributed by atoms with Gasteiger partial charge in [-0.3, -0.25) is 0 Å². The Morgan fingerprint density at radius 3 is 3.00 bits per heavy atom. The second kappa shape index (κ2) is 4.63. The summed E-state index contributed by atoms with van der Waals surface area (Å²) < 4.78 is 4.90. The van der Waals surface area contributed by atoms with Crippen molar-refractivity contribution >= 4 is 23.0 Å². The van der Waals surface area contributed by atoms with Gasteiger partial charge in [0.1, 0.15) is 10.9 Å². The highest BCUT2D eigenvalue weighted by Gasteiger charge is 2.16. The van der Waals surface area contributed by atoms with Crippen molar-refractivity contribution in [2.45, 2.75) is 19.4 Å². The van der Waals surface area contributed by atoms with Gasteiger partial charge in [0.2, 0.25) is 0 Å². The van der Waals surface area contributed by atoms with Crippen LogP contribution < -0.4 is 5.73 Å². The maximum atomic E-state index is 11.4. The Morgan fingerprint density at radius 2 is 2.57 bits per heavy atom. The molecule has 4 nitrogen and oxygen atoms in total. The smallest absolute Gasteiger partial charge is 0.351 e. The normalized spacial score (nSPS) is 11.7. The Bertz CT molecular complexity index is 367. The number of thiophene rings is 1. The summed E-state index contributed by atoms with van der Waals surface area (Å²) in [4.78, 5) is 11.8. The number of nitriles is 1. The summed E-state index contributed by atoms with van der Waals surface area (Å²) in [6.07, 6.45) is -0.211. The van der Waals surface area contributed by atoms with E-state index in [9.17, 15) is 4.79 Å². The van der Waals surface area contributed by atoms with E-state index < -0.39 is 12.1 Å². The lowest BCUT2D eigenvalue weighted by Gasteiger charge is -2.07. The second-order valence-corrected chi connectivity index (χ2v) is 3.55. The molecule has 0 saturated heterocycles. The van der Waals surface area contributed by atoms with Gasteiger partial charge >= 0.3 is 5.97 Å². The van der Waals surface area contributed by atoms with Crippen molar-refractivity contribution in [3.63, 3.8) is 0 Å². The van der Waals surface area contributed by atoms with Crippen LogP contribution in [-0.4, -0.2) is 12.1 Å². The van der Waals surface area contributed by atoms with Gasteiger partial charge in [-0.2, -0.15) is 5.26 Å². The lowest BCUT2D eigenvalue weighted by molar-refractivity contribution is 0.0408. The van der Waals surface area contributed by atoms with Gasteiger partial charge in [0, 0.05) is 0 Å². The Morgan fingerprint density at radius 1 is 1.86 bits per heavy atom. The van der Waals surface area contributed by atoms with Crippen molar-refractivity contribution < 1.29 is 9.53 Å². The van der Waals surface area contributed by atoms with E-state index in [-0.39, 0.29) is 0 Å². The number of ether oxygens (including phenoxy) is 1. The molecule has 0 saturated carbocycles. The van der Waals surface area contributed by atoms with E-state index in [2.05, 4.69) is 0 Å². The fraction of sp³-hybridized carbons (Fsp3) is 0.333. The summed E-state index contributed by atoms with van der Waals surface area (Å²) in [6.45, 7) is 1.78. The van der Waals surface area contributed by atoms with E-state index in [1.807, 2.05) is 6.07 Å². The summed E-state index contributed by atoms with van der Waals surface area (Å²) in [6, 6.07) is 3.52. The summed E-state index contributed by atoms with van der Waals surface area (Å²) >= 11 is 1.21. The molecule has 14 heavy (non-hydrogen) atoms. The van der Waals surface area contributed by atoms with E-state index in [0.717, 1.165) is 0 Å². The number of rotatable bonds is 3. The summed E-state index contributed by atoms with van der Waals surface area (Å²) in [5.41, 5.74) is 5.92. The molecule has 1 rings (SSSR count). The number of anilines is 1. The fourth-order valence-electron chi connectivity index (χ4n) is 0.869. The Hall–Kier alpha value is -1.54. The van der Waals surface area contributed by atoms with Crippen LogP contribution in [0.4, 0.5) is 5.69 Å². The van der Waals surface area contributed by atoms with Crippen molar-refractivity contribution in [2.24, 2.45) is 0 Å². The molecule has 0 bridgehead atoms. The molecular formula is C9H10N2O2S. The van der Waals surface area contributed by atoms with Crippen molar-refractivity contribution in [3.05, 3.63) is 16.3 Å². The van der Waals surface area contributed by atoms with Crippen LogP contribution in [0.5, 0.6) is 0 Å². The molecule has 2 N–H and O–H groups in total. The predicted molar refractivity (Wildman–Crippen MR) is 53.8 cm³/mol. The molecule has 5 heteroatoms. The van der Waals surface area contributed by atoms with Gasteiger partial charge < -0.3 is 10.5 Å². The van der Waals surface area contributed by atoms with E-state index in [1.54, 1.807) is 18.4 Å². The third-order valence-corrected chi connectivity index (χ3v) is 2.56. The van der Waals surface area contributed by atoms with Crippen LogP contribution >= 0.6 is 11.3 Å². The van der Waals surface area contributed by atoms with Crippen LogP contribution in [-0.2, 0) is 4.74 Å². The number of nitrogen functional groups attached to an aromatic ring is 1. The summed E-state index contributed by atoms with van der Waals surface area (Å²) in [5.74, 6) is -0.522. The Balaban J connectivity index is 2.69. The SMILES string of the molecule is CCC(C#N)OC(=O)c1sccc1N. The van der Waals surface area contributed by atoms with Gasteiger partial charge in [-0.25, -0.2) is 4.79 Å². The van der Waals surface area contributed by atoms with Gasteiger partial charge in [-0.15, -0.1) is 11.3 Å². The highest BCUT2D eigenvalue weighted by Crippen LogP contribution is 2.20. The number of carbonyl (C=O) groups is 1. The number of carbonyl (C=O) groups excluding carboxylic acids is 1. The van der Waals surface area contributed by atoms with Crippen LogP contribution in [0.1, 0.15) is 23.0 Å². The largest absolute Gasteiger partial charge is 0.443 e. The van der Waals surface area contributed by atoms with Gasteiger partial charge in [0.05, 0.1) is 5.69 Å². The topological polar surface area (TPSA) is 76.1 Å². The molecule has 0 radical (unpaired) electrons. The molecule has 0 spiro atoms. The van der Waals surface area contributed by atoms with E-state index in [0.29, 0.717) is 17.0 Å². The quantitative estimate of drug-likeness (QED) is 0.771. The zero-order chi connectivity index (χ0) is 10.6. The predicted octanol–water partition coefficient (Wildman–Crippen LogP) is 1.79. The van der Waals surface area contributed by atoms with Crippen molar-refractivity contribution in [1.82, 2.24) is 0 Å². The fourth-order valence-corrected chi connectivity index (χ4v) is 1.57. The van der Waals surface area contributed by atoms with Crippen LogP contribution in [0.2, 0.25) is 0 Å². The number of hydrogen-bond acceptors (Lipinski definition) is 5. The van der Waals surface area contributed by atoms with E-state index in [4.69, 9.17) is 15.7 Å². The third kappa shape index (κ3) is 2.24. The van der Waals surface area contributed by atoms with Crippen LogP contribution in [0.15, 0.2) is 11.4 Å². The van der Waals surface area contributed by atoms with Crippen LogP contribution in [0, 0.1) is 11.3 Å². The number of nitrogens with zero attached hydrogens (tertiary/aromatic N) is 1. The standard InChI is InChI=1S/C9H10N2O2S/c1-2-6(5-10)13-9(12)8-7(11)3-4-14-8/h3-4,6H,2,11H2,1H3. The highest BCUT2D eigenvalue weighted by molar-refractivity contribution is 7.12. The monoisotopic (exact) mass is 210 g/mol. The first kappa shape index (κ1) is 10.5. The summed E-state index contributed by atoms with van der Waals surface area (Å²) in [5, 5.41) is 10.3. The lowest BCUT2D eigenvalue weighted by Crippen LogP contribution is -2.15. The third-order valence-electron chi connectivity index (χ3n) is 1.65. The first-order valence-corrected chi connectivity index (χ1v) is 5.00. The Kier molecular flexibility index (Phi) is 3.48. The van der Waals surface area contributed by atoms with Gasteiger partial charge in [0.25, 0.3) is 0 Å². The maximum absolute atomic E-state index is 11.4. The minimum Gasteiger partial charge on any atom is -0.443 e. The zero-order valence-corrected chi connectivity index (χ0v) is 8.50. The minimum absolute atomic E-state index is 0.360. The molecule has 1 heterocycles. The molecular weight excluding hydrogens is 200 g/mol. The van der Waals surface area contributed by atoms with E-state index >= 15 is 0 Å². The molecule has 1 atom stereocenters. The van der Waals surface area contributed by atoms with E-state index in [1.165, 1.54) is 11.3 Å². The maximum Gasteiger partial charge on any atom is 0.351 e. The van der Waals surface area contributed by atoms with Gasteiger partial charge in [-0.05, 0) is 17.9 Å². The van der Waals surface area contributed by atoms with Crippen molar-refractivity contribution in [1.29, 1.82) is 5.26 Å². The van der Waals surface area contributed by atoms with Crippen LogP contribution in [0.25, 0.3) is 0 Å². The number of esters is 1. The first-order valence-electron chi connectivity index (χ1n) is 4.12.